The van der Waals surface area contributed by atoms with Gasteiger partial charge in [-0.1, -0.05) is 6.92 Å². The van der Waals surface area contributed by atoms with Crippen LogP contribution in [0.3, 0.4) is 0 Å². The minimum atomic E-state index is -0.507. The number of carbonyl (C=O) groups excluding carboxylic acids is 1. The Labute approximate surface area is 107 Å². The number of ketones is 1. The number of carbonyl (C=O) groups is 1. The van der Waals surface area contributed by atoms with E-state index < -0.39 is 4.92 Å². The summed E-state index contributed by atoms with van der Waals surface area (Å²) < 4.78 is 5.83. The smallest absolute Gasteiger partial charge is 0.273 e. The summed E-state index contributed by atoms with van der Waals surface area (Å²) >= 11 is 3.21. The molecule has 1 aromatic rings. The molecule has 0 amide bonds. The first-order valence-corrected chi connectivity index (χ1v) is 5.92. The number of ether oxygens (including phenoxy) is 1. The van der Waals surface area contributed by atoms with Crippen molar-refractivity contribution in [3.05, 3.63) is 32.8 Å². The Hall–Kier alpha value is -1.43. The average Bonchev–Trinajstić information content (AvgIpc) is 2.28. The number of rotatable bonds is 6. The van der Waals surface area contributed by atoms with Gasteiger partial charge in [0.1, 0.15) is 12.4 Å². The van der Waals surface area contributed by atoms with Crippen LogP contribution in [0.15, 0.2) is 22.7 Å². The maximum Gasteiger partial charge on any atom is 0.273 e. The number of halogens is 1. The van der Waals surface area contributed by atoms with E-state index >= 15 is 0 Å². The van der Waals surface area contributed by atoms with Gasteiger partial charge in [-0.25, -0.2) is 0 Å². The van der Waals surface area contributed by atoms with E-state index in [1.165, 1.54) is 18.2 Å². The van der Waals surface area contributed by atoms with Crippen molar-refractivity contribution in [3.63, 3.8) is 0 Å². The van der Waals surface area contributed by atoms with Crippen molar-refractivity contribution in [2.45, 2.75) is 19.8 Å². The third-order valence-electron chi connectivity index (χ3n) is 2.04. The third kappa shape index (κ3) is 4.14. The number of Topliss-reactive ketones (excluding diaryl/α,β-unsaturated/α-hetero) is 1. The normalized spacial score (nSPS) is 10.0. The van der Waals surface area contributed by atoms with Gasteiger partial charge in [0.25, 0.3) is 5.69 Å². The first kappa shape index (κ1) is 13.6. The summed E-state index contributed by atoms with van der Waals surface area (Å²) in [6, 6.07) is 4.19. The van der Waals surface area contributed by atoms with Crippen molar-refractivity contribution < 1.29 is 14.5 Å². The zero-order valence-corrected chi connectivity index (χ0v) is 10.9. The summed E-state index contributed by atoms with van der Waals surface area (Å²) in [6.45, 7) is 1.84. The van der Waals surface area contributed by atoms with Gasteiger partial charge in [-0.05, 0) is 28.4 Å². The number of hydrogen-bond donors (Lipinski definition) is 0. The van der Waals surface area contributed by atoms with Crippen molar-refractivity contribution in [1.82, 2.24) is 0 Å². The number of nitro benzene ring substituents is 1. The third-order valence-corrected chi connectivity index (χ3v) is 2.70. The zero-order chi connectivity index (χ0) is 12.8. The van der Waals surface area contributed by atoms with E-state index in [0.29, 0.717) is 16.6 Å². The Balaban J connectivity index is 2.73. The minimum absolute atomic E-state index is 0.0223. The Morgan fingerprint density at radius 2 is 2.24 bits per heavy atom. The molecule has 17 heavy (non-hydrogen) atoms. The van der Waals surface area contributed by atoms with Crippen molar-refractivity contribution in [2.24, 2.45) is 0 Å². The molecule has 0 atom stereocenters. The Morgan fingerprint density at radius 3 is 2.82 bits per heavy atom. The Bertz CT molecular complexity index is 433. The van der Waals surface area contributed by atoms with E-state index in [9.17, 15) is 14.9 Å². The van der Waals surface area contributed by atoms with Crippen LogP contribution in [-0.4, -0.2) is 17.3 Å². The van der Waals surface area contributed by atoms with Gasteiger partial charge in [0.15, 0.2) is 5.78 Å². The van der Waals surface area contributed by atoms with Crippen LogP contribution in [0.4, 0.5) is 5.69 Å². The maximum atomic E-state index is 11.3. The van der Waals surface area contributed by atoms with Crippen LogP contribution in [-0.2, 0) is 4.79 Å². The molecule has 0 fully saturated rings. The lowest BCUT2D eigenvalue weighted by Crippen LogP contribution is -2.10. The second-order valence-corrected chi connectivity index (χ2v) is 4.30. The van der Waals surface area contributed by atoms with Crippen molar-refractivity contribution >= 4 is 27.4 Å². The number of nitrogens with zero attached hydrogens (tertiary/aromatic N) is 1. The molecule has 0 radical (unpaired) electrons. The van der Waals surface area contributed by atoms with Gasteiger partial charge >= 0.3 is 0 Å². The monoisotopic (exact) mass is 301 g/mol. The van der Waals surface area contributed by atoms with E-state index in [4.69, 9.17) is 4.74 Å². The Morgan fingerprint density at radius 1 is 1.53 bits per heavy atom. The lowest BCUT2D eigenvalue weighted by molar-refractivity contribution is -0.385. The molecule has 6 heteroatoms. The fraction of sp³-hybridized carbons (Fsp3) is 0.364. The molecule has 0 spiro atoms. The van der Waals surface area contributed by atoms with Crippen LogP contribution in [0, 0.1) is 10.1 Å². The van der Waals surface area contributed by atoms with Crippen LogP contribution in [0.5, 0.6) is 5.75 Å². The van der Waals surface area contributed by atoms with Crippen LogP contribution < -0.4 is 4.74 Å². The van der Waals surface area contributed by atoms with Gasteiger partial charge in [0, 0.05) is 12.5 Å². The number of hydrogen-bond acceptors (Lipinski definition) is 4. The molecule has 0 bridgehead atoms. The lowest BCUT2D eigenvalue weighted by atomic mass is 10.2. The van der Waals surface area contributed by atoms with Gasteiger partial charge in [-0.15, -0.1) is 0 Å². The standard InChI is InChI=1S/C11H12BrNO4/c1-2-3-9(14)7-17-11-6-8(13(15)16)4-5-10(11)12/h4-6H,2-3,7H2,1H3. The van der Waals surface area contributed by atoms with E-state index in [2.05, 4.69) is 15.9 Å². The number of benzene rings is 1. The molecule has 0 aliphatic carbocycles. The highest BCUT2D eigenvalue weighted by molar-refractivity contribution is 9.10. The molecule has 1 aromatic carbocycles. The second-order valence-electron chi connectivity index (χ2n) is 3.45. The van der Waals surface area contributed by atoms with Crippen molar-refractivity contribution in [2.75, 3.05) is 6.61 Å². The van der Waals surface area contributed by atoms with E-state index in [-0.39, 0.29) is 18.1 Å². The van der Waals surface area contributed by atoms with E-state index in [1.807, 2.05) is 6.92 Å². The van der Waals surface area contributed by atoms with Crippen LogP contribution in [0.1, 0.15) is 19.8 Å². The molecule has 92 valence electrons. The van der Waals surface area contributed by atoms with Gasteiger partial charge in [-0.3, -0.25) is 14.9 Å². The lowest BCUT2D eigenvalue weighted by Gasteiger charge is -2.06. The molecular formula is C11H12BrNO4. The Kier molecular flexibility index (Phi) is 5.09. The summed E-state index contributed by atoms with van der Waals surface area (Å²) in [5.74, 6) is 0.287. The summed E-state index contributed by atoms with van der Waals surface area (Å²) in [7, 11) is 0. The molecule has 0 N–H and O–H groups in total. The summed E-state index contributed by atoms with van der Waals surface area (Å²) in [5.41, 5.74) is -0.0638. The largest absolute Gasteiger partial charge is 0.484 e. The molecule has 0 saturated heterocycles. The number of nitro groups is 1. The quantitative estimate of drug-likeness (QED) is 0.598. The summed E-state index contributed by atoms with van der Waals surface area (Å²) in [4.78, 5) is 21.3. The van der Waals surface area contributed by atoms with Crippen LogP contribution in [0.2, 0.25) is 0 Å². The van der Waals surface area contributed by atoms with Crippen molar-refractivity contribution in [1.29, 1.82) is 0 Å². The van der Waals surface area contributed by atoms with Crippen LogP contribution >= 0.6 is 15.9 Å². The highest BCUT2D eigenvalue weighted by Gasteiger charge is 2.11. The predicted octanol–water partition coefficient (Wildman–Crippen LogP) is 3.11. The van der Waals surface area contributed by atoms with Crippen molar-refractivity contribution in [3.8, 4) is 5.75 Å². The molecule has 0 aromatic heterocycles. The topological polar surface area (TPSA) is 69.4 Å². The molecule has 0 unspecified atom stereocenters. The van der Waals surface area contributed by atoms with Crippen LogP contribution in [0.25, 0.3) is 0 Å². The first-order valence-electron chi connectivity index (χ1n) is 5.13. The SMILES string of the molecule is CCCC(=O)COc1cc([N+](=O)[O-])ccc1Br. The van der Waals surface area contributed by atoms with E-state index in [1.54, 1.807) is 0 Å². The molecule has 0 aliphatic heterocycles. The second kappa shape index (κ2) is 6.34. The maximum absolute atomic E-state index is 11.3. The van der Waals surface area contributed by atoms with Gasteiger partial charge in [0.2, 0.25) is 0 Å². The molecule has 0 heterocycles. The summed E-state index contributed by atoms with van der Waals surface area (Å²) in [5, 5.41) is 10.6. The highest BCUT2D eigenvalue weighted by Crippen LogP contribution is 2.29. The minimum Gasteiger partial charge on any atom is -0.484 e. The molecule has 5 nitrogen and oxygen atoms in total. The fourth-order valence-corrected chi connectivity index (χ4v) is 1.59. The number of non-ortho nitro benzene ring substituents is 1. The van der Waals surface area contributed by atoms with Gasteiger partial charge in [-0.2, -0.15) is 0 Å². The fourth-order valence-electron chi connectivity index (χ4n) is 1.23. The summed E-state index contributed by atoms with van der Waals surface area (Å²) in [6.07, 6.45) is 1.21. The molecule has 1 rings (SSSR count). The zero-order valence-electron chi connectivity index (χ0n) is 9.31. The molecule has 0 aliphatic rings. The average molecular weight is 302 g/mol. The highest BCUT2D eigenvalue weighted by atomic mass is 79.9. The van der Waals surface area contributed by atoms with Gasteiger partial charge < -0.3 is 4.74 Å². The molecular weight excluding hydrogens is 290 g/mol. The van der Waals surface area contributed by atoms with E-state index in [0.717, 1.165) is 6.42 Å². The first-order chi connectivity index (χ1) is 8.04. The predicted molar refractivity (Wildman–Crippen MR) is 66.2 cm³/mol. The molecule has 0 saturated carbocycles. The van der Waals surface area contributed by atoms with Gasteiger partial charge in [0.05, 0.1) is 15.5 Å².